The van der Waals surface area contributed by atoms with Crippen LogP contribution in [0, 0.1) is 0 Å². The second-order valence-electron chi connectivity index (χ2n) is 15.7. The number of hydrogen-bond acceptors (Lipinski definition) is 6. The molecule has 0 heterocycles. The van der Waals surface area contributed by atoms with Crippen LogP contribution in [-0.2, 0) is 28.6 Å². The van der Waals surface area contributed by atoms with Gasteiger partial charge in [-0.1, -0.05) is 177 Å². The maximum atomic E-state index is 12.7. The Kier molecular flexibility index (Phi) is 44.0. The fraction of sp³-hybridized carbons (Fsp3) is 0.712. The number of esters is 3. The molecule has 0 bridgehead atoms. The molecule has 6 nitrogen and oxygen atoms in total. The van der Waals surface area contributed by atoms with Crippen LogP contribution >= 0.6 is 0 Å². The van der Waals surface area contributed by atoms with E-state index in [0.29, 0.717) is 19.3 Å². The van der Waals surface area contributed by atoms with Gasteiger partial charge in [0.05, 0.1) is 0 Å². The first-order chi connectivity index (χ1) is 28.5. The summed E-state index contributed by atoms with van der Waals surface area (Å²) in [4.78, 5) is 37.8. The minimum absolute atomic E-state index is 0.104. The summed E-state index contributed by atoms with van der Waals surface area (Å²) >= 11 is 0. The molecule has 0 aromatic rings. The zero-order valence-corrected chi connectivity index (χ0v) is 37.8. The SMILES string of the molecule is CC/C=C\C/C=C\C/C=C\CCCC(=O)OCC(COC(=O)CCCCCCCC/C=C\C=C/CCCCC)OC(=O)CCCCC/C=C\CCCCCCCCC. The topological polar surface area (TPSA) is 78.9 Å². The highest BCUT2D eigenvalue weighted by Gasteiger charge is 2.19. The van der Waals surface area contributed by atoms with Crippen molar-refractivity contribution in [2.45, 2.75) is 226 Å². The van der Waals surface area contributed by atoms with Crippen LogP contribution < -0.4 is 0 Å². The molecular weight excluding hydrogens is 721 g/mol. The summed E-state index contributed by atoms with van der Waals surface area (Å²) in [6.45, 7) is 6.40. The van der Waals surface area contributed by atoms with E-state index in [1.807, 2.05) is 0 Å². The minimum atomic E-state index is -0.806. The molecule has 0 aromatic carbocycles. The molecule has 0 amide bonds. The van der Waals surface area contributed by atoms with E-state index in [1.165, 1.54) is 89.9 Å². The lowest BCUT2D eigenvalue weighted by atomic mass is 10.1. The summed E-state index contributed by atoms with van der Waals surface area (Å²) in [6.07, 6.45) is 57.5. The molecule has 1 atom stereocenters. The molecular formula is C52H88O6. The van der Waals surface area contributed by atoms with E-state index in [9.17, 15) is 14.4 Å². The maximum Gasteiger partial charge on any atom is 0.306 e. The van der Waals surface area contributed by atoms with Gasteiger partial charge in [0.2, 0.25) is 0 Å². The van der Waals surface area contributed by atoms with Crippen LogP contribution in [0.2, 0.25) is 0 Å². The van der Waals surface area contributed by atoms with Gasteiger partial charge in [-0.2, -0.15) is 0 Å². The normalized spacial score (nSPS) is 12.7. The van der Waals surface area contributed by atoms with Crippen molar-refractivity contribution < 1.29 is 28.6 Å². The first kappa shape index (κ1) is 54.9. The van der Waals surface area contributed by atoms with Crippen molar-refractivity contribution >= 4 is 17.9 Å². The highest BCUT2D eigenvalue weighted by atomic mass is 16.6. The fourth-order valence-corrected chi connectivity index (χ4v) is 6.33. The third kappa shape index (κ3) is 44.0. The lowest BCUT2D eigenvalue weighted by Gasteiger charge is -2.18. The van der Waals surface area contributed by atoms with E-state index in [0.717, 1.165) is 83.5 Å². The molecule has 332 valence electrons. The Balaban J connectivity index is 4.47. The number of hydrogen-bond donors (Lipinski definition) is 0. The zero-order chi connectivity index (χ0) is 42.3. The van der Waals surface area contributed by atoms with Crippen LogP contribution in [0.25, 0.3) is 0 Å². The Morgan fingerprint density at radius 2 is 0.741 bits per heavy atom. The van der Waals surface area contributed by atoms with Gasteiger partial charge in [0.25, 0.3) is 0 Å². The second kappa shape index (κ2) is 46.5. The van der Waals surface area contributed by atoms with Crippen LogP contribution in [0.5, 0.6) is 0 Å². The van der Waals surface area contributed by atoms with E-state index in [4.69, 9.17) is 14.2 Å². The van der Waals surface area contributed by atoms with Crippen LogP contribution in [0.4, 0.5) is 0 Å². The van der Waals surface area contributed by atoms with Crippen molar-refractivity contribution in [3.05, 3.63) is 72.9 Å². The number of ether oxygens (including phenoxy) is 3. The maximum absolute atomic E-state index is 12.7. The van der Waals surface area contributed by atoms with Crippen molar-refractivity contribution in [3.8, 4) is 0 Å². The average Bonchev–Trinajstić information content (AvgIpc) is 3.22. The number of unbranched alkanes of at least 4 members (excludes halogenated alkanes) is 20. The molecule has 0 spiro atoms. The standard InChI is InChI=1S/C52H88O6/c1-4-7-10-13-16-19-22-24-26-28-30-33-36-39-42-45-51(54)57-48-49(47-56-50(53)44-41-38-35-32-29-21-18-15-12-9-6-3)58-52(55)46-43-40-37-34-31-27-25-23-20-17-14-11-8-5-2/h9,12,16,18-19,21-22,24,27,31-32,35,49H,4-8,10-11,13-15,17,20,23,25-26,28-30,33-34,36-48H2,1-3H3/b12-9-,19-16-,21-18-,24-22-,31-27-,35-32-. The van der Waals surface area contributed by atoms with E-state index in [-0.39, 0.29) is 37.5 Å². The van der Waals surface area contributed by atoms with Gasteiger partial charge in [0.1, 0.15) is 13.2 Å². The predicted molar refractivity (Wildman–Crippen MR) is 247 cm³/mol. The minimum Gasteiger partial charge on any atom is -0.462 e. The summed E-state index contributed by atoms with van der Waals surface area (Å²) in [5, 5.41) is 0. The molecule has 0 radical (unpaired) electrons. The van der Waals surface area contributed by atoms with Crippen molar-refractivity contribution in [2.24, 2.45) is 0 Å². The quantitative estimate of drug-likeness (QED) is 0.0201. The third-order valence-corrected chi connectivity index (χ3v) is 9.94. The predicted octanol–water partition coefficient (Wildman–Crippen LogP) is 15.5. The van der Waals surface area contributed by atoms with Gasteiger partial charge in [0.15, 0.2) is 6.10 Å². The van der Waals surface area contributed by atoms with Gasteiger partial charge in [-0.25, -0.2) is 0 Å². The van der Waals surface area contributed by atoms with Crippen molar-refractivity contribution in [2.75, 3.05) is 13.2 Å². The smallest absolute Gasteiger partial charge is 0.306 e. The third-order valence-electron chi connectivity index (χ3n) is 9.94. The molecule has 58 heavy (non-hydrogen) atoms. The average molecular weight is 809 g/mol. The van der Waals surface area contributed by atoms with E-state index >= 15 is 0 Å². The molecule has 0 aliphatic heterocycles. The van der Waals surface area contributed by atoms with Crippen molar-refractivity contribution in [3.63, 3.8) is 0 Å². The lowest BCUT2D eigenvalue weighted by molar-refractivity contribution is -0.167. The highest BCUT2D eigenvalue weighted by Crippen LogP contribution is 2.13. The first-order valence-corrected chi connectivity index (χ1v) is 24.0. The fourth-order valence-electron chi connectivity index (χ4n) is 6.33. The Hall–Kier alpha value is -3.15. The van der Waals surface area contributed by atoms with E-state index in [2.05, 4.69) is 93.7 Å². The highest BCUT2D eigenvalue weighted by molar-refractivity contribution is 5.71. The second-order valence-corrected chi connectivity index (χ2v) is 15.7. The summed E-state index contributed by atoms with van der Waals surface area (Å²) in [5.74, 6) is -0.991. The van der Waals surface area contributed by atoms with Crippen LogP contribution in [0.1, 0.15) is 220 Å². The Morgan fingerprint density at radius 3 is 1.29 bits per heavy atom. The molecule has 0 aromatic heterocycles. The molecule has 0 fully saturated rings. The number of allylic oxidation sites excluding steroid dienone is 12. The van der Waals surface area contributed by atoms with E-state index in [1.54, 1.807) is 0 Å². The van der Waals surface area contributed by atoms with Gasteiger partial charge < -0.3 is 14.2 Å². The molecule has 0 saturated carbocycles. The number of carbonyl (C=O) groups excluding carboxylic acids is 3. The monoisotopic (exact) mass is 809 g/mol. The number of rotatable bonds is 42. The van der Waals surface area contributed by atoms with Crippen molar-refractivity contribution in [1.29, 1.82) is 0 Å². The molecule has 0 aliphatic rings. The zero-order valence-electron chi connectivity index (χ0n) is 37.8. The lowest BCUT2D eigenvalue weighted by Crippen LogP contribution is -2.30. The van der Waals surface area contributed by atoms with Crippen LogP contribution in [0.3, 0.4) is 0 Å². The molecule has 0 saturated heterocycles. The molecule has 0 N–H and O–H groups in total. The Bertz CT molecular complexity index is 1110. The van der Waals surface area contributed by atoms with Crippen LogP contribution in [-0.4, -0.2) is 37.2 Å². The first-order valence-electron chi connectivity index (χ1n) is 24.0. The molecule has 6 heteroatoms. The van der Waals surface area contributed by atoms with E-state index < -0.39 is 6.10 Å². The van der Waals surface area contributed by atoms with Crippen LogP contribution in [0.15, 0.2) is 72.9 Å². The van der Waals surface area contributed by atoms with Gasteiger partial charge in [-0.3, -0.25) is 14.4 Å². The Labute approximate surface area is 357 Å². The Morgan fingerprint density at radius 1 is 0.379 bits per heavy atom. The van der Waals surface area contributed by atoms with Gasteiger partial charge in [-0.05, 0) is 96.3 Å². The van der Waals surface area contributed by atoms with Gasteiger partial charge in [0, 0.05) is 19.3 Å². The molecule has 0 aliphatic carbocycles. The molecule has 0 rings (SSSR count). The summed E-state index contributed by atoms with van der Waals surface area (Å²) in [6, 6.07) is 0. The van der Waals surface area contributed by atoms with Gasteiger partial charge in [-0.15, -0.1) is 0 Å². The largest absolute Gasteiger partial charge is 0.462 e. The number of carbonyl (C=O) groups is 3. The molecule has 1 unspecified atom stereocenters. The summed E-state index contributed by atoms with van der Waals surface area (Å²) < 4.78 is 16.7. The van der Waals surface area contributed by atoms with Crippen molar-refractivity contribution in [1.82, 2.24) is 0 Å². The summed E-state index contributed by atoms with van der Waals surface area (Å²) in [7, 11) is 0. The van der Waals surface area contributed by atoms with Gasteiger partial charge >= 0.3 is 17.9 Å². The summed E-state index contributed by atoms with van der Waals surface area (Å²) in [5.41, 5.74) is 0.